The Morgan fingerprint density at radius 3 is 2.64 bits per heavy atom. The first-order chi connectivity index (χ1) is 10.5. The van der Waals surface area contributed by atoms with Crippen molar-refractivity contribution < 1.29 is 5.11 Å². The number of thiophene rings is 1. The first-order valence-electron chi connectivity index (χ1n) is 7.55. The second-order valence-corrected chi connectivity index (χ2v) is 7.02. The monoisotopic (exact) mass is 338 g/mol. The quantitative estimate of drug-likeness (QED) is 0.665. The lowest BCUT2D eigenvalue weighted by Crippen LogP contribution is -2.07. The molecule has 120 valence electrons. The standard InChI is InChI=1S/C17H23ClN2OS/c1-4-12(15-8-11(9-21)17(18)22-15)13-6-7-14(20-5-2)16(19)10(13)3/h6-8,12,20-21H,4-5,9,19H2,1-3H3. The van der Waals surface area contributed by atoms with E-state index >= 15 is 0 Å². The van der Waals surface area contributed by atoms with Crippen LogP contribution in [-0.4, -0.2) is 11.7 Å². The van der Waals surface area contributed by atoms with Crippen molar-refractivity contribution >= 4 is 34.3 Å². The van der Waals surface area contributed by atoms with Gasteiger partial charge in [0.15, 0.2) is 0 Å². The number of aliphatic hydroxyl groups excluding tert-OH is 1. The van der Waals surface area contributed by atoms with Gasteiger partial charge in [-0.1, -0.05) is 24.6 Å². The summed E-state index contributed by atoms with van der Waals surface area (Å²) >= 11 is 7.74. The van der Waals surface area contributed by atoms with Gasteiger partial charge in [-0.2, -0.15) is 0 Å². The molecule has 0 aliphatic carbocycles. The lowest BCUT2D eigenvalue weighted by molar-refractivity contribution is 0.282. The van der Waals surface area contributed by atoms with Crippen molar-refractivity contribution in [1.82, 2.24) is 0 Å². The Morgan fingerprint density at radius 2 is 2.09 bits per heavy atom. The van der Waals surface area contributed by atoms with Crippen LogP contribution < -0.4 is 11.1 Å². The minimum absolute atomic E-state index is 0.0216. The molecule has 2 rings (SSSR count). The molecule has 3 nitrogen and oxygen atoms in total. The van der Waals surface area contributed by atoms with Gasteiger partial charge in [-0.3, -0.25) is 0 Å². The Kier molecular flexibility index (Phi) is 5.73. The molecule has 1 unspecified atom stereocenters. The number of halogens is 1. The second-order valence-electron chi connectivity index (χ2n) is 5.34. The smallest absolute Gasteiger partial charge is 0.0986 e. The van der Waals surface area contributed by atoms with Gasteiger partial charge in [0.25, 0.3) is 0 Å². The van der Waals surface area contributed by atoms with E-state index in [1.807, 2.05) is 12.1 Å². The summed E-state index contributed by atoms with van der Waals surface area (Å²) in [5, 5.41) is 12.6. The second kappa shape index (κ2) is 7.36. The van der Waals surface area contributed by atoms with E-state index in [2.05, 4.69) is 32.2 Å². The molecule has 0 aliphatic rings. The predicted molar refractivity (Wildman–Crippen MR) is 97.1 cm³/mol. The van der Waals surface area contributed by atoms with Crippen molar-refractivity contribution in [2.24, 2.45) is 0 Å². The number of nitrogens with one attached hydrogen (secondary N) is 1. The molecule has 22 heavy (non-hydrogen) atoms. The van der Waals surface area contributed by atoms with Crippen molar-refractivity contribution in [3.05, 3.63) is 44.1 Å². The Labute approximate surface area is 141 Å². The van der Waals surface area contributed by atoms with Gasteiger partial charge >= 0.3 is 0 Å². The zero-order valence-corrected chi connectivity index (χ0v) is 14.8. The largest absolute Gasteiger partial charge is 0.397 e. The molecule has 2 aromatic rings. The van der Waals surface area contributed by atoms with Gasteiger partial charge in [0.05, 0.1) is 22.3 Å². The Balaban J connectivity index is 2.44. The SMILES string of the molecule is CCNc1ccc(C(CC)c2cc(CO)c(Cl)s2)c(C)c1N. The maximum Gasteiger partial charge on any atom is 0.0986 e. The van der Waals surface area contributed by atoms with Crippen molar-refractivity contribution in [2.75, 3.05) is 17.6 Å². The van der Waals surface area contributed by atoms with Crippen molar-refractivity contribution in [3.8, 4) is 0 Å². The molecule has 1 heterocycles. The van der Waals surface area contributed by atoms with Gasteiger partial charge in [0, 0.05) is 22.9 Å². The number of aliphatic hydroxyl groups is 1. The highest BCUT2D eigenvalue weighted by atomic mass is 35.5. The predicted octanol–water partition coefficient (Wildman–Crippen LogP) is 4.76. The molecule has 5 heteroatoms. The molecule has 4 N–H and O–H groups in total. The number of nitrogen functional groups attached to an aromatic ring is 1. The molecular formula is C17H23ClN2OS. The van der Waals surface area contributed by atoms with Crippen LogP contribution in [-0.2, 0) is 6.61 Å². The van der Waals surface area contributed by atoms with Crippen LogP contribution in [0.25, 0.3) is 0 Å². The van der Waals surface area contributed by atoms with Gasteiger partial charge < -0.3 is 16.2 Å². The third-order valence-corrected chi connectivity index (χ3v) is 5.55. The molecule has 0 spiro atoms. The highest BCUT2D eigenvalue weighted by molar-refractivity contribution is 7.16. The third kappa shape index (κ3) is 3.24. The van der Waals surface area contributed by atoms with Crippen LogP contribution >= 0.6 is 22.9 Å². The van der Waals surface area contributed by atoms with E-state index in [1.165, 1.54) is 10.4 Å². The van der Waals surface area contributed by atoms with E-state index in [4.69, 9.17) is 17.3 Å². The zero-order chi connectivity index (χ0) is 16.3. The normalized spacial score (nSPS) is 12.4. The Hall–Kier alpha value is -1.23. The average Bonchev–Trinajstić information content (AvgIpc) is 2.88. The summed E-state index contributed by atoms with van der Waals surface area (Å²) in [5.41, 5.74) is 11.2. The third-order valence-electron chi connectivity index (χ3n) is 4.00. The Bertz CT molecular complexity index is 654. The summed E-state index contributed by atoms with van der Waals surface area (Å²) in [4.78, 5) is 1.18. The molecule has 0 saturated carbocycles. The van der Waals surface area contributed by atoms with Gasteiger partial charge in [0.1, 0.15) is 0 Å². The highest BCUT2D eigenvalue weighted by Crippen LogP contribution is 2.40. The molecule has 1 atom stereocenters. The highest BCUT2D eigenvalue weighted by Gasteiger charge is 2.20. The summed E-state index contributed by atoms with van der Waals surface area (Å²) in [7, 11) is 0. The van der Waals surface area contributed by atoms with Crippen LogP contribution in [0.4, 0.5) is 11.4 Å². The molecule has 0 radical (unpaired) electrons. The maximum atomic E-state index is 9.34. The van der Waals surface area contributed by atoms with E-state index < -0.39 is 0 Å². The topological polar surface area (TPSA) is 58.3 Å². The molecule has 1 aromatic heterocycles. The number of hydrogen-bond acceptors (Lipinski definition) is 4. The number of benzene rings is 1. The van der Waals surface area contributed by atoms with E-state index in [1.54, 1.807) is 11.3 Å². The number of hydrogen-bond donors (Lipinski definition) is 3. The van der Waals surface area contributed by atoms with Crippen LogP contribution in [0.3, 0.4) is 0 Å². The molecule has 0 amide bonds. The van der Waals surface area contributed by atoms with E-state index in [0.29, 0.717) is 4.34 Å². The van der Waals surface area contributed by atoms with Crippen LogP contribution in [0.2, 0.25) is 4.34 Å². The zero-order valence-electron chi connectivity index (χ0n) is 13.2. The number of nitrogens with two attached hydrogens (primary N) is 1. The van der Waals surface area contributed by atoms with Crippen molar-refractivity contribution in [2.45, 2.75) is 39.7 Å². The van der Waals surface area contributed by atoms with Crippen molar-refractivity contribution in [1.29, 1.82) is 0 Å². The fourth-order valence-electron chi connectivity index (χ4n) is 2.75. The van der Waals surface area contributed by atoms with E-state index in [9.17, 15) is 5.11 Å². The summed E-state index contributed by atoms with van der Waals surface area (Å²) in [6.07, 6.45) is 0.961. The number of rotatable bonds is 6. The molecule has 0 bridgehead atoms. The molecule has 0 fully saturated rings. The summed E-state index contributed by atoms with van der Waals surface area (Å²) < 4.78 is 0.672. The fourth-order valence-corrected chi connectivity index (χ4v) is 4.23. The number of anilines is 2. The summed E-state index contributed by atoms with van der Waals surface area (Å²) in [6, 6.07) is 6.20. The van der Waals surface area contributed by atoms with Gasteiger partial charge in [-0.05, 0) is 43.5 Å². The first-order valence-corrected chi connectivity index (χ1v) is 8.74. The minimum atomic E-state index is -0.0216. The van der Waals surface area contributed by atoms with E-state index in [0.717, 1.165) is 35.5 Å². The van der Waals surface area contributed by atoms with Crippen LogP contribution in [0.15, 0.2) is 18.2 Å². The molecule has 0 aliphatic heterocycles. The van der Waals surface area contributed by atoms with Crippen molar-refractivity contribution in [3.63, 3.8) is 0 Å². The fraction of sp³-hybridized carbons (Fsp3) is 0.412. The Morgan fingerprint density at radius 1 is 1.36 bits per heavy atom. The van der Waals surface area contributed by atoms with Crippen LogP contribution in [0, 0.1) is 6.92 Å². The maximum absolute atomic E-state index is 9.34. The van der Waals surface area contributed by atoms with E-state index in [-0.39, 0.29) is 12.5 Å². The summed E-state index contributed by atoms with van der Waals surface area (Å²) in [5.74, 6) is 0.251. The molecule has 1 aromatic carbocycles. The van der Waals surface area contributed by atoms with Gasteiger partial charge in [0.2, 0.25) is 0 Å². The minimum Gasteiger partial charge on any atom is -0.397 e. The first kappa shape index (κ1) is 17.1. The molecular weight excluding hydrogens is 316 g/mol. The molecule has 0 saturated heterocycles. The average molecular weight is 339 g/mol. The summed E-state index contributed by atoms with van der Waals surface area (Å²) in [6.45, 7) is 7.11. The van der Waals surface area contributed by atoms with Gasteiger partial charge in [-0.15, -0.1) is 11.3 Å². The lowest BCUT2D eigenvalue weighted by atomic mass is 9.90. The van der Waals surface area contributed by atoms with Gasteiger partial charge in [-0.25, -0.2) is 0 Å². The lowest BCUT2D eigenvalue weighted by Gasteiger charge is -2.20. The van der Waals surface area contributed by atoms with Crippen LogP contribution in [0.1, 0.15) is 47.8 Å². The van der Waals surface area contributed by atoms with Crippen LogP contribution in [0.5, 0.6) is 0 Å².